The maximum atomic E-state index is 6.22. The molecule has 0 bridgehead atoms. The van der Waals surface area contributed by atoms with Crippen molar-refractivity contribution < 1.29 is 0 Å². The molecule has 2 nitrogen and oxygen atoms in total. The molecule has 2 N–H and O–H groups in total. The molecule has 0 aliphatic carbocycles. The lowest BCUT2D eigenvalue weighted by Crippen LogP contribution is -2.13. The van der Waals surface area contributed by atoms with Crippen molar-refractivity contribution in [1.29, 1.82) is 0 Å². The number of nitrogens with two attached hydrogens (primary N) is 1. The molecule has 0 fully saturated rings. The predicted molar refractivity (Wildman–Crippen MR) is 72.1 cm³/mol. The summed E-state index contributed by atoms with van der Waals surface area (Å²) in [7, 11) is 3.97. The number of nitrogens with zero attached hydrogens (tertiary/aromatic N) is 1. The Kier molecular flexibility index (Phi) is 4.39. The van der Waals surface area contributed by atoms with Crippen molar-refractivity contribution in [3.05, 3.63) is 40.9 Å². The van der Waals surface area contributed by atoms with Crippen LogP contribution in [0.2, 0.25) is 5.02 Å². The highest BCUT2D eigenvalue weighted by Gasteiger charge is 2.11. The summed E-state index contributed by atoms with van der Waals surface area (Å²) in [4.78, 5) is 2.01. The van der Waals surface area contributed by atoms with E-state index < -0.39 is 0 Å². The molecule has 0 radical (unpaired) electrons. The smallest absolute Gasteiger partial charge is 0.0474 e. The van der Waals surface area contributed by atoms with Gasteiger partial charge in [0.25, 0.3) is 0 Å². The van der Waals surface area contributed by atoms with Crippen LogP contribution in [-0.4, -0.2) is 14.1 Å². The molecule has 0 amide bonds. The van der Waals surface area contributed by atoms with Gasteiger partial charge in [0.1, 0.15) is 0 Å². The summed E-state index contributed by atoms with van der Waals surface area (Å²) in [6, 6.07) is 5.89. The Labute approximate surface area is 103 Å². The summed E-state index contributed by atoms with van der Waals surface area (Å²) >= 11 is 6.22. The number of rotatable bonds is 4. The number of benzene rings is 1. The molecule has 16 heavy (non-hydrogen) atoms. The minimum atomic E-state index is -0.0683. The number of anilines is 1. The molecule has 0 saturated carbocycles. The van der Waals surface area contributed by atoms with Crippen LogP contribution in [0.3, 0.4) is 0 Å². The van der Waals surface area contributed by atoms with Crippen molar-refractivity contribution in [3.8, 4) is 0 Å². The molecule has 0 aliphatic heterocycles. The second-order valence-corrected chi connectivity index (χ2v) is 4.78. The third-order valence-electron chi connectivity index (χ3n) is 2.47. The summed E-state index contributed by atoms with van der Waals surface area (Å²) in [6.07, 6.45) is 0.765. The van der Waals surface area contributed by atoms with Crippen molar-refractivity contribution in [2.45, 2.75) is 19.4 Å². The van der Waals surface area contributed by atoms with Crippen LogP contribution < -0.4 is 10.6 Å². The largest absolute Gasteiger partial charge is 0.378 e. The van der Waals surface area contributed by atoms with Crippen molar-refractivity contribution in [1.82, 2.24) is 0 Å². The highest BCUT2D eigenvalue weighted by atomic mass is 35.5. The van der Waals surface area contributed by atoms with E-state index in [2.05, 4.69) is 6.58 Å². The summed E-state index contributed by atoms with van der Waals surface area (Å²) in [6.45, 7) is 5.84. The lowest BCUT2D eigenvalue weighted by Gasteiger charge is -2.17. The van der Waals surface area contributed by atoms with Gasteiger partial charge in [-0.15, -0.1) is 6.58 Å². The van der Waals surface area contributed by atoms with Gasteiger partial charge in [0, 0.05) is 30.8 Å². The molecule has 1 aromatic rings. The second-order valence-electron chi connectivity index (χ2n) is 4.37. The molecule has 0 unspecified atom stereocenters. The quantitative estimate of drug-likeness (QED) is 0.815. The summed E-state index contributed by atoms with van der Waals surface area (Å²) in [5, 5.41) is 0.722. The van der Waals surface area contributed by atoms with E-state index in [1.54, 1.807) is 0 Å². The average Bonchev–Trinajstić information content (AvgIpc) is 2.15. The van der Waals surface area contributed by atoms with Gasteiger partial charge < -0.3 is 10.6 Å². The molecule has 0 spiro atoms. The van der Waals surface area contributed by atoms with Crippen molar-refractivity contribution in [2.75, 3.05) is 19.0 Å². The van der Waals surface area contributed by atoms with E-state index in [4.69, 9.17) is 17.3 Å². The monoisotopic (exact) mass is 238 g/mol. The van der Waals surface area contributed by atoms with E-state index in [-0.39, 0.29) is 6.04 Å². The molecular weight excluding hydrogens is 220 g/mol. The maximum absolute atomic E-state index is 6.22. The first kappa shape index (κ1) is 13.1. The van der Waals surface area contributed by atoms with Crippen LogP contribution in [-0.2, 0) is 0 Å². The second kappa shape index (κ2) is 5.37. The molecule has 1 aromatic carbocycles. The van der Waals surface area contributed by atoms with Crippen LogP contribution in [0.5, 0.6) is 0 Å². The van der Waals surface area contributed by atoms with Gasteiger partial charge in [-0.05, 0) is 31.0 Å². The molecule has 0 saturated heterocycles. The number of hydrogen-bond acceptors (Lipinski definition) is 2. The normalized spacial score (nSPS) is 12.3. The zero-order valence-electron chi connectivity index (χ0n) is 10.1. The molecule has 88 valence electrons. The van der Waals surface area contributed by atoms with E-state index >= 15 is 0 Å². The Morgan fingerprint density at radius 2 is 2.12 bits per heavy atom. The predicted octanol–water partition coefficient (Wildman–Crippen LogP) is 3.37. The standard InChI is InChI=1S/C13H19ClN2/c1-9(2)7-13(15)11-6-5-10(16(3)4)8-12(11)14/h5-6,8,13H,1,7,15H2,2-4H3/t13-/m0/s1. The fourth-order valence-corrected chi connectivity index (χ4v) is 1.90. The number of hydrogen-bond donors (Lipinski definition) is 1. The molecule has 0 aromatic heterocycles. The Hall–Kier alpha value is -0.990. The van der Waals surface area contributed by atoms with Crippen LogP contribution >= 0.6 is 11.6 Å². The van der Waals surface area contributed by atoms with Gasteiger partial charge in [-0.2, -0.15) is 0 Å². The van der Waals surface area contributed by atoms with Crippen molar-refractivity contribution in [2.24, 2.45) is 5.73 Å². The van der Waals surface area contributed by atoms with Crippen LogP contribution in [0.15, 0.2) is 30.4 Å². The van der Waals surface area contributed by atoms with Gasteiger partial charge in [-0.3, -0.25) is 0 Å². The average molecular weight is 239 g/mol. The van der Waals surface area contributed by atoms with E-state index in [0.29, 0.717) is 0 Å². The maximum Gasteiger partial charge on any atom is 0.0474 e. The third kappa shape index (κ3) is 3.26. The van der Waals surface area contributed by atoms with Gasteiger partial charge in [-0.1, -0.05) is 23.2 Å². The van der Waals surface area contributed by atoms with Crippen molar-refractivity contribution in [3.63, 3.8) is 0 Å². The Morgan fingerprint density at radius 3 is 2.56 bits per heavy atom. The Balaban J connectivity index is 2.94. The van der Waals surface area contributed by atoms with Gasteiger partial charge >= 0.3 is 0 Å². The van der Waals surface area contributed by atoms with Gasteiger partial charge in [-0.25, -0.2) is 0 Å². The summed E-state index contributed by atoms with van der Waals surface area (Å²) in [5.74, 6) is 0. The molecular formula is C13H19ClN2. The van der Waals surface area contributed by atoms with E-state index in [9.17, 15) is 0 Å². The summed E-state index contributed by atoms with van der Waals surface area (Å²) < 4.78 is 0. The van der Waals surface area contributed by atoms with Gasteiger partial charge in [0.2, 0.25) is 0 Å². The van der Waals surface area contributed by atoms with Crippen LogP contribution in [0, 0.1) is 0 Å². The topological polar surface area (TPSA) is 29.3 Å². The van der Waals surface area contributed by atoms with Gasteiger partial charge in [0.15, 0.2) is 0 Å². The lowest BCUT2D eigenvalue weighted by atomic mass is 10.0. The molecule has 3 heteroatoms. The third-order valence-corrected chi connectivity index (χ3v) is 2.80. The van der Waals surface area contributed by atoms with E-state index in [0.717, 1.165) is 28.3 Å². The SMILES string of the molecule is C=C(C)C[C@H](N)c1ccc(N(C)C)cc1Cl. The molecule has 0 heterocycles. The van der Waals surface area contributed by atoms with E-state index in [1.807, 2.05) is 44.1 Å². The Bertz CT molecular complexity index is 386. The lowest BCUT2D eigenvalue weighted by molar-refractivity contribution is 0.717. The fourth-order valence-electron chi connectivity index (χ4n) is 1.58. The van der Waals surface area contributed by atoms with Crippen LogP contribution in [0.1, 0.15) is 24.9 Å². The van der Waals surface area contributed by atoms with Crippen molar-refractivity contribution >= 4 is 17.3 Å². The van der Waals surface area contributed by atoms with Crippen LogP contribution in [0.4, 0.5) is 5.69 Å². The molecule has 1 rings (SSSR count). The minimum Gasteiger partial charge on any atom is -0.378 e. The van der Waals surface area contributed by atoms with Gasteiger partial charge in [0.05, 0.1) is 0 Å². The highest BCUT2D eigenvalue weighted by molar-refractivity contribution is 6.31. The first-order valence-corrected chi connectivity index (χ1v) is 5.66. The van der Waals surface area contributed by atoms with E-state index in [1.165, 1.54) is 0 Å². The first-order chi connectivity index (χ1) is 7.41. The Morgan fingerprint density at radius 1 is 1.50 bits per heavy atom. The highest BCUT2D eigenvalue weighted by Crippen LogP contribution is 2.28. The minimum absolute atomic E-state index is 0.0683. The summed E-state index contributed by atoms with van der Waals surface area (Å²) in [5.41, 5.74) is 9.20. The first-order valence-electron chi connectivity index (χ1n) is 5.28. The fraction of sp³-hybridized carbons (Fsp3) is 0.385. The van der Waals surface area contributed by atoms with Crippen LogP contribution in [0.25, 0.3) is 0 Å². The zero-order chi connectivity index (χ0) is 12.3. The number of halogens is 1. The zero-order valence-corrected chi connectivity index (χ0v) is 10.9. The molecule has 1 atom stereocenters. The molecule has 0 aliphatic rings.